The fraction of sp³-hybridized carbons (Fsp3) is 0.364. The molecule has 1 saturated heterocycles. The zero-order valence-corrected chi connectivity index (χ0v) is 16.4. The van der Waals surface area contributed by atoms with Crippen molar-refractivity contribution >= 4 is 23.2 Å². The molecular weight excluding hydrogens is 354 g/mol. The summed E-state index contributed by atoms with van der Waals surface area (Å²) in [6.45, 7) is 5.75. The summed E-state index contributed by atoms with van der Waals surface area (Å²) in [5, 5.41) is 5.92. The van der Waals surface area contributed by atoms with Gasteiger partial charge in [0.1, 0.15) is 5.75 Å². The number of amides is 2. The van der Waals surface area contributed by atoms with Crippen molar-refractivity contribution in [3.63, 3.8) is 0 Å². The van der Waals surface area contributed by atoms with Crippen molar-refractivity contribution < 1.29 is 14.3 Å². The van der Waals surface area contributed by atoms with Crippen LogP contribution in [0.5, 0.6) is 5.75 Å². The number of likely N-dealkylation sites (tertiary alicyclic amines) is 1. The summed E-state index contributed by atoms with van der Waals surface area (Å²) in [5.74, 6) is 0.705. The van der Waals surface area contributed by atoms with Crippen LogP contribution in [0.2, 0.25) is 0 Å². The molecule has 0 atom stereocenters. The van der Waals surface area contributed by atoms with Crippen LogP contribution < -0.4 is 15.4 Å². The van der Waals surface area contributed by atoms with Crippen molar-refractivity contribution in [1.29, 1.82) is 0 Å². The van der Waals surface area contributed by atoms with Crippen LogP contribution in [0.25, 0.3) is 0 Å². The monoisotopic (exact) mass is 381 g/mol. The molecule has 0 unspecified atom stereocenters. The predicted octanol–water partition coefficient (Wildman–Crippen LogP) is 3.76. The van der Waals surface area contributed by atoms with Crippen LogP contribution in [0.1, 0.15) is 37.0 Å². The molecule has 1 aliphatic rings. The summed E-state index contributed by atoms with van der Waals surface area (Å²) in [4.78, 5) is 26.4. The van der Waals surface area contributed by atoms with E-state index in [1.165, 1.54) is 0 Å². The maximum Gasteiger partial charge on any atom is 0.253 e. The Morgan fingerprint density at radius 2 is 1.57 bits per heavy atom. The summed E-state index contributed by atoms with van der Waals surface area (Å²) < 4.78 is 5.59. The highest BCUT2D eigenvalue weighted by molar-refractivity contribution is 5.95. The molecule has 148 valence electrons. The van der Waals surface area contributed by atoms with E-state index in [-0.39, 0.29) is 24.5 Å². The molecule has 2 N–H and O–H groups in total. The second kappa shape index (κ2) is 9.26. The van der Waals surface area contributed by atoms with Gasteiger partial charge in [0.15, 0.2) is 0 Å². The first-order valence-electron chi connectivity index (χ1n) is 9.71. The molecule has 2 aromatic rings. The van der Waals surface area contributed by atoms with Gasteiger partial charge >= 0.3 is 0 Å². The van der Waals surface area contributed by atoms with E-state index in [2.05, 4.69) is 10.6 Å². The van der Waals surface area contributed by atoms with Gasteiger partial charge in [0.05, 0.1) is 12.6 Å². The second-order valence-electron chi connectivity index (χ2n) is 7.17. The number of anilines is 2. The first kappa shape index (κ1) is 19.7. The third-order valence-electron chi connectivity index (χ3n) is 4.49. The Labute approximate surface area is 165 Å². The third-order valence-corrected chi connectivity index (χ3v) is 4.49. The van der Waals surface area contributed by atoms with Crippen LogP contribution in [0.15, 0.2) is 48.5 Å². The Hall–Kier alpha value is -3.02. The number of ether oxygens (including phenoxy) is 1. The first-order valence-corrected chi connectivity index (χ1v) is 9.71. The van der Waals surface area contributed by atoms with Gasteiger partial charge in [-0.2, -0.15) is 0 Å². The summed E-state index contributed by atoms with van der Waals surface area (Å²) in [6, 6.07) is 14.5. The summed E-state index contributed by atoms with van der Waals surface area (Å²) in [7, 11) is 0. The number of hydrogen-bond donors (Lipinski definition) is 2. The van der Waals surface area contributed by atoms with E-state index in [9.17, 15) is 9.59 Å². The lowest BCUT2D eigenvalue weighted by atomic mass is 10.2. The van der Waals surface area contributed by atoms with Gasteiger partial charge < -0.3 is 20.3 Å². The smallest absolute Gasteiger partial charge is 0.253 e. The van der Waals surface area contributed by atoms with Gasteiger partial charge in [0, 0.05) is 30.0 Å². The van der Waals surface area contributed by atoms with Gasteiger partial charge in [0.2, 0.25) is 5.91 Å². The standard InChI is InChI=1S/C22H27N3O3/c1-16(2)28-20-11-9-19(10-12-20)24-21(26)15-23-18-7-5-17(6-8-18)22(27)25-13-3-4-14-25/h5-12,16,23H,3-4,13-15H2,1-2H3,(H,24,26). The van der Waals surface area contributed by atoms with Crippen molar-refractivity contribution in [2.24, 2.45) is 0 Å². The molecule has 2 amide bonds. The molecule has 28 heavy (non-hydrogen) atoms. The average Bonchev–Trinajstić information content (AvgIpc) is 3.22. The largest absolute Gasteiger partial charge is 0.491 e. The molecule has 1 heterocycles. The zero-order valence-electron chi connectivity index (χ0n) is 16.4. The maximum atomic E-state index is 12.3. The second-order valence-corrected chi connectivity index (χ2v) is 7.17. The topological polar surface area (TPSA) is 70.7 Å². The van der Waals surface area contributed by atoms with Crippen molar-refractivity contribution in [3.05, 3.63) is 54.1 Å². The lowest BCUT2D eigenvalue weighted by Gasteiger charge is -2.15. The third kappa shape index (κ3) is 5.49. The van der Waals surface area contributed by atoms with Crippen molar-refractivity contribution in [2.45, 2.75) is 32.8 Å². The average molecular weight is 381 g/mol. The van der Waals surface area contributed by atoms with Crippen LogP contribution in [0.4, 0.5) is 11.4 Å². The first-order chi connectivity index (χ1) is 13.5. The molecular formula is C22H27N3O3. The highest BCUT2D eigenvalue weighted by Crippen LogP contribution is 2.17. The Morgan fingerprint density at radius 3 is 2.18 bits per heavy atom. The molecule has 0 aliphatic carbocycles. The van der Waals surface area contributed by atoms with Gasteiger partial charge in [-0.15, -0.1) is 0 Å². The molecule has 1 fully saturated rings. The Bertz CT molecular complexity index is 795. The minimum absolute atomic E-state index is 0.0756. The van der Waals surface area contributed by atoms with E-state index in [1.54, 1.807) is 12.1 Å². The quantitative estimate of drug-likeness (QED) is 0.766. The lowest BCUT2D eigenvalue weighted by Crippen LogP contribution is -2.27. The summed E-state index contributed by atoms with van der Waals surface area (Å²) >= 11 is 0. The van der Waals surface area contributed by atoms with E-state index in [0.29, 0.717) is 5.56 Å². The maximum absolute atomic E-state index is 12.3. The van der Waals surface area contributed by atoms with Crippen LogP contribution >= 0.6 is 0 Å². The Morgan fingerprint density at radius 1 is 0.964 bits per heavy atom. The molecule has 6 nitrogen and oxygen atoms in total. The van der Waals surface area contributed by atoms with Crippen LogP contribution in [-0.4, -0.2) is 42.5 Å². The van der Waals surface area contributed by atoms with Crippen LogP contribution in [-0.2, 0) is 4.79 Å². The van der Waals surface area contributed by atoms with Crippen molar-refractivity contribution in [2.75, 3.05) is 30.3 Å². The summed E-state index contributed by atoms with van der Waals surface area (Å²) in [6.07, 6.45) is 2.27. The SMILES string of the molecule is CC(C)Oc1ccc(NC(=O)CNc2ccc(C(=O)N3CCCC3)cc2)cc1. The van der Waals surface area contributed by atoms with Gasteiger partial charge in [-0.25, -0.2) is 0 Å². The number of nitrogens with one attached hydrogen (secondary N) is 2. The van der Waals surface area contributed by atoms with E-state index in [0.717, 1.165) is 43.1 Å². The molecule has 0 aromatic heterocycles. The lowest BCUT2D eigenvalue weighted by molar-refractivity contribution is -0.114. The molecule has 1 aliphatic heterocycles. The molecule has 0 radical (unpaired) electrons. The van der Waals surface area contributed by atoms with E-state index < -0.39 is 0 Å². The van der Waals surface area contributed by atoms with Crippen molar-refractivity contribution in [1.82, 2.24) is 4.90 Å². The number of carbonyl (C=O) groups excluding carboxylic acids is 2. The number of nitrogens with zero attached hydrogens (tertiary/aromatic N) is 1. The fourth-order valence-corrected chi connectivity index (χ4v) is 3.11. The molecule has 0 spiro atoms. The minimum atomic E-state index is -0.144. The van der Waals surface area contributed by atoms with E-state index in [1.807, 2.05) is 55.1 Å². The molecule has 0 bridgehead atoms. The predicted molar refractivity (Wildman–Crippen MR) is 111 cm³/mol. The Balaban J connectivity index is 1.47. The van der Waals surface area contributed by atoms with Crippen LogP contribution in [0, 0.1) is 0 Å². The Kier molecular flexibility index (Phi) is 6.53. The van der Waals surface area contributed by atoms with Gasteiger partial charge in [-0.05, 0) is 75.2 Å². The van der Waals surface area contributed by atoms with Crippen molar-refractivity contribution in [3.8, 4) is 5.75 Å². The molecule has 6 heteroatoms. The van der Waals surface area contributed by atoms with Gasteiger partial charge in [-0.1, -0.05) is 0 Å². The van der Waals surface area contributed by atoms with Crippen LogP contribution in [0.3, 0.4) is 0 Å². The highest BCUT2D eigenvalue weighted by atomic mass is 16.5. The van der Waals surface area contributed by atoms with Gasteiger partial charge in [-0.3, -0.25) is 9.59 Å². The normalized spacial score (nSPS) is 13.5. The van der Waals surface area contributed by atoms with E-state index in [4.69, 9.17) is 4.74 Å². The highest BCUT2D eigenvalue weighted by Gasteiger charge is 2.19. The fourth-order valence-electron chi connectivity index (χ4n) is 3.11. The zero-order chi connectivity index (χ0) is 19.9. The van der Waals surface area contributed by atoms with E-state index >= 15 is 0 Å². The number of carbonyl (C=O) groups is 2. The molecule has 2 aromatic carbocycles. The van der Waals surface area contributed by atoms with Gasteiger partial charge in [0.25, 0.3) is 5.91 Å². The number of rotatable bonds is 7. The summed E-state index contributed by atoms with van der Waals surface area (Å²) in [5.41, 5.74) is 2.20. The number of hydrogen-bond acceptors (Lipinski definition) is 4. The molecule has 0 saturated carbocycles. The minimum Gasteiger partial charge on any atom is -0.491 e. The molecule has 3 rings (SSSR count). The number of benzene rings is 2.